The molecule has 0 radical (unpaired) electrons. The van der Waals surface area contributed by atoms with E-state index in [0.29, 0.717) is 24.2 Å². The molecule has 7 nitrogen and oxygen atoms in total. The number of hydrogen-bond donors (Lipinski definition) is 1. The number of rotatable bonds is 10. The summed E-state index contributed by atoms with van der Waals surface area (Å²) in [6.45, 7) is 6.04. The van der Waals surface area contributed by atoms with E-state index in [-0.39, 0.29) is 18.7 Å². The van der Waals surface area contributed by atoms with E-state index in [0.717, 1.165) is 13.0 Å². The zero-order chi connectivity index (χ0) is 24.6. The molecule has 2 heterocycles. The van der Waals surface area contributed by atoms with Gasteiger partial charge in [0.15, 0.2) is 0 Å². The van der Waals surface area contributed by atoms with Crippen molar-refractivity contribution in [2.45, 2.75) is 70.7 Å². The number of esters is 1. The van der Waals surface area contributed by atoms with Gasteiger partial charge in [-0.1, -0.05) is 79.4 Å². The number of aromatic nitrogens is 3. The van der Waals surface area contributed by atoms with Crippen molar-refractivity contribution >= 4 is 5.97 Å². The predicted octanol–water partition coefficient (Wildman–Crippen LogP) is 4.87. The van der Waals surface area contributed by atoms with Crippen LogP contribution in [0.15, 0.2) is 60.8 Å². The van der Waals surface area contributed by atoms with Gasteiger partial charge in [-0.15, -0.1) is 5.10 Å². The lowest BCUT2D eigenvalue weighted by molar-refractivity contribution is -0.00778. The fourth-order valence-corrected chi connectivity index (χ4v) is 4.75. The van der Waals surface area contributed by atoms with Crippen LogP contribution in [0.3, 0.4) is 0 Å². The summed E-state index contributed by atoms with van der Waals surface area (Å²) in [5.41, 5.74) is 3.55. The average molecular weight is 477 g/mol. The van der Waals surface area contributed by atoms with E-state index in [1.165, 1.54) is 30.4 Å². The molecule has 3 aromatic rings. The van der Waals surface area contributed by atoms with Crippen LogP contribution in [0.2, 0.25) is 0 Å². The molecule has 0 unspecified atom stereocenters. The number of aryl methyl sites for hydroxylation is 1. The van der Waals surface area contributed by atoms with Crippen LogP contribution in [0.25, 0.3) is 0 Å². The molecule has 0 spiro atoms. The Kier molecular flexibility index (Phi) is 8.66. The SMILES string of the molecule is CCCCCCN1C[C@@H](n2cc(COC(=O)c3ccccc3)nn2)[C@H](O)C[C@@H]1c1ccc(C)cc1. The summed E-state index contributed by atoms with van der Waals surface area (Å²) in [5.74, 6) is -0.392. The Balaban J connectivity index is 1.43. The van der Waals surface area contributed by atoms with Crippen LogP contribution in [0, 0.1) is 6.92 Å². The molecule has 0 bridgehead atoms. The highest BCUT2D eigenvalue weighted by molar-refractivity contribution is 5.89. The maximum absolute atomic E-state index is 12.2. The zero-order valence-electron chi connectivity index (χ0n) is 20.7. The number of piperidine rings is 1. The third-order valence-electron chi connectivity index (χ3n) is 6.79. The standard InChI is InChI=1S/C28H36N4O3/c1-3-4-5-9-16-31-19-26(27(33)17-25(31)22-14-12-21(2)13-15-22)32-18-24(29-30-32)20-35-28(34)23-10-7-6-8-11-23/h6-8,10-15,18,25-27,33H,3-5,9,16-17,19-20H2,1-2H3/t25-,26-,27-/m1/s1. The van der Waals surface area contributed by atoms with E-state index in [1.807, 2.05) is 6.07 Å². The molecule has 3 atom stereocenters. The normalized spacial score (nSPS) is 20.6. The van der Waals surface area contributed by atoms with Gasteiger partial charge < -0.3 is 9.84 Å². The van der Waals surface area contributed by atoms with Gasteiger partial charge in [-0.3, -0.25) is 4.90 Å². The molecule has 35 heavy (non-hydrogen) atoms. The van der Waals surface area contributed by atoms with Gasteiger partial charge in [0.1, 0.15) is 12.3 Å². The van der Waals surface area contributed by atoms with Gasteiger partial charge in [0.05, 0.1) is 23.9 Å². The molecule has 0 aliphatic carbocycles. The molecule has 1 saturated heterocycles. The topological polar surface area (TPSA) is 80.5 Å². The molecule has 4 rings (SSSR count). The van der Waals surface area contributed by atoms with Crippen molar-refractivity contribution in [1.82, 2.24) is 19.9 Å². The minimum atomic E-state index is -0.547. The first-order chi connectivity index (χ1) is 17.0. The molecule has 0 saturated carbocycles. The van der Waals surface area contributed by atoms with Gasteiger partial charge in [0, 0.05) is 12.6 Å². The summed E-state index contributed by atoms with van der Waals surface area (Å²) in [5, 5.41) is 19.6. The number of nitrogens with zero attached hydrogens (tertiary/aromatic N) is 4. The monoisotopic (exact) mass is 476 g/mol. The van der Waals surface area contributed by atoms with E-state index in [1.54, 1.807) is 35.1 Å². The average Bonchev–Trinajstić information content (AvgIpc) is 3.35. The number of hydrogen-bond acceptors (Lipinski definition) is 6. The molecule has 1 N–H and O–H groups in total. The number of likely N-dealkylation sites (tertiary alicyclic amines) is 1. The number of carbonyl (C=O) groups is 1. The molecule has 1 aliphatic heterocycles. The summed E-state index contributed by atoms with van der Waals surface area (Å²) in [7, 11) is 0. The maximum atomic E-state index is 12.2. The first-order valence-corrected chi connectivity index (χ1v) is 12.7. The quantitative estimate of drug-likeness (QED) is 0.332. The second-order valence-corrected chi connectivity index (χ2v) is 9.48. The first kappa shape index (κ1) is 25.1. The van der Waals surface area contributed by atoms with Crippen molar-refractivity contribution in [1.29, 1.82) is 0 Å². The summed E-state index contributed by atoms with van der Waals surface area (Å²) in [6, 6.07) is 17.5. The highest BCUT2D eigenvalue weighted by atomic mass is 16.5. The smallest absolute Gasteiger partial charge is 0.338 e. The first-order valence-electron chi connectivity index (χ1n) is 12.7. The van der Waals surface area contributed by atoms with Crippen molar-refractivity contribution in [3.63, 3.8) is 0 Å². The lowest BCUT2D eigenvalue weighted by atomic mass is 9.90. The highest BCUT2D eigenvalue weighted by Gasteiger charge is 2.36. The van der Waals surface area contributed by atoms with Crippen molar-refractivity contribution in [3.05, 3.63) is 83.2 Å². The molecular formula is C28H36N4O3. The van der Waals surface area contributed by atoms with Crippen LogP contribution >= 0.6 is 0 Å². The van der Waals surface area contributed by atoms with Crippen molar-refractivity contribution < 1.29 is 14.6 Å². The lowest BCUT2D eigenvalue weighted by Crippen LogP contribution is -2.46. The summed E-state index contributed by atoms with van der Waals surface area (Å²) < 4.78 is 7.13. The number of aliphatic hydroxyl groups is 1. The van der Waals surface area contributed by atoms with Gasteiger partial charge in [0.2, 0.25) is 0 Å². The van der Waals surface area contributed by atoms with Crippen LogP contribution in [0.4, 0.5) is 0 Å². The van der Waals surface area contributed by atoms with Crippen molar-refractivity contribution in [3.8, 4) is 0 Å². The third kappa shape index (κ3) is 6.55. The fourth-order valence-electron chi connectivity index (χ4n) is 4.75. The van der Waals surface area contributed by atoms with E-state index in [4.69, 9.17) is 4.74 Å². The number of unbranched alkanes of at least 4 members (excludes halogenated alkanes) is 3. The van der Waals surface area contributed by atoms with E-state index in [9.17, 15) is 9.90 Å². The molecule has 1 aromatic heterocycles. The molecule has 1 fully saturated rings. The summed E-state index contributed by atoms with van der Waals surface area (Å²) >= 11 is 0. The van der Waals surface area contributed by atoms with Crippen LogP contribution in [-0.4, -0.2) is 50.2 Å². The molecule has 186 valence electrons. The van der Waals surface area contributed by atoms with E-state index in [2.05, 4.69) is 53.3 Å². The Morgan fingerprint density at radius 2 is 1.86 bits per heavy atom. The van der Waals surface area contributed by atoms with Crippen LogP contribution in [-0.2, 0) is 11.3 Å². The van der Waals surface area contributed by atoms with Gasteiger partial charge in [-0.25, -0.2) is 9.48 Å². The lowest BCUT2D eigenvalue weighted by Gasteiger charge is -2.42. The van der Waals surface area contributed by atoms with Crippen molar-refractivity contribution in [2.75, 3.05) is 13.1 Å². The molecule has 2 aromatic carbocycles. The number of carbonyl (C=O) groups excluding carboxylic acids is 1. The third-order valence-corrected chi connectivity index (χ3v) is 6.79. The minimum absolute atomic E-state index is 0.0449. The maximum Gasteiger partial charge on any atom is 0.338 e. The van der Waals surface area contributed by atoms with Gasteiger partial charge >= 0.3 is 5.97 Å². The molecule has 0 amide bonds. The molecule has 1 aliphatic rings. The molecule has 7 heteroatoms. The number of benzene rings is 2. The predicted molar refractivity (Wildman–Crippen MR) is 135 cm³/mol. The van der Waals surface area contributed by atoms with Gasteiger partial charge in [-0.05, 0) is 44.0 Å². The highest BCUT2D eigenvalue weighted by Crippen LogP contribution is 2.36. The Morgan fingerprint density at radius 3 is 2.60 bits per heavy atom. The van der Waals surface area contributed by atoms with Crippen LogP contribution in [0.1, 0.15) is 78.3 Å². The van der Waals surface area contributed by atoms with Crippen molar-refractivity contribution in [2.24, 2.45) is 0 Å². The fraction of sp³-hybridized carbons (Fsp3) is 0.464. The largest absolute Gasteiger partial charge is 0.455 e. The second kappa shape index (κ2) is 12.1. The number of ether oxygens (including phenoxy) is 1. The zero-order valence-corrected chi connectivity index (χ0v) is 20.7. The van der Waals surface area contributed by atoms with Gasteiger partial charge in [-0.2, -0.15) is 0 Å². The van der Waals surface area contributed by atoms with E-state index >= 15 is 0 Å². The summed E-state index contributed by atoms with van der Waals surface area (Å²) in [4.78, 5) is 14.7. The Labute approximate surface area is 207 Å². The number of aliphatic hydroxyl groups excluding tert-OH is 1. The Bertz CT molecular complexity index is 1070. The molecular weight excluding hydrogens is 440 g/mol. The van der Waals surface area contributed by atoms with Crippen LogP contribution in [0.5, 0.6) is 0 Å². The van der Waals surface area contributed by atoms with E-state index < -0.39 is 12.1 Å². The van der Waals surface area contributed by atoms with Crippen LogP contribution < -0.4 is 0 Å². The second-order valence-electron chi connectivity index (χ2n) is 9.48. The Morgan fingerprint density at radius 1 is 1.09 bits per heavy atom. The van der Waals surface area contributed by atoms with Gasteiger partial charge in [0.25, 0.3) is 0 Å². The Hall–Kier alpha value is -3.03. The summed E-state index contributed by atoms with van der Waals surface area (Å²) in [6.07, 6.45) is 6.67. The minimum Gasteiger partial charge on any atom is -0.455 e.